The van der Waals surface area contributed by atoms with Crippen molar-refractivity contribution < 1.29 is 9.53 Å². The van der Waals surface area contributed by atoms with Crippen molar-refractivity contribution in [3.63, 3.8) is 0 Å². The van der Waals surface area contributed by atoms with Gasteiger partial charge in [-0.25, -0.2) is 14.8 Å². The molecular formula is C18H22N4O2. The molecule has 1 aliphatic heterocycles. The molecule has 0 spiro atoms. The van der Waals surface area contributed by atoms with Crippen molar-refractivity contribution in [2.45, 2.75) is 13.3 Å². The van der Waals surface area contributed by atoms with E-state index in [0.717, 1.165) is 44.2 Å². The van der Waals surface area contributed by atoms with Crippen LogP contribution in [0.3, 0.4) is 0 Å². The minimum absolute atomic E-state index is 0.271. The third kappa shape index (κ3) is 3.82. The highest BCUT2D eigenvalue weighted by atomic mass is 16.5. The van der Waals surface area contributed by atoms with Crippen molar-refractivity contribution in [2.75, 3.05) is 42.6 Å². The molecule has 24 heavy (non-hydrogen) atoms. The van der Waals surface area contributed by atoms with Crippen LogP contribution in [0.25, 0.3) is 0 Å². The van der Waals surface area contributed by atoms with Crippen molar-refractivity contribution in [3.05, 3.63) is 48.3 Å². The lowest BCUT2D eigenvalue weighted by atomic mass is 10.2. The molecule has 0 bridgehead atoms. The van der Waals surface area contributed by atoms with Crippen LogP contribution >= 0.6 is 0 Å². The van der Waals surface area contributed by atoms with Crippen LogP contribution in [0, 0.1) is 0 Å². The number of hydrogen-bond donors (Lipinski definition) is 0. The van der Waals surface area contributed by atoms with Gasteiger partial charge in [-0.2, -0.15) is 0 Å². The first kappa shape index (κ1) is 16.2. The second-order valence-electron chi connectivity index (χ2n) is 5.64. The van der Waals surface area contributed by atoms with Crippen molar-refractivity contribution in [2.24, 2.45) is 0 Å². The topological polar surface area (TPSA) is 58.6 Å². The highest BCUT2D eigenvalue weighted by molar-refractivity contribution is 5.89. The minimum atomic E-state index is -0.271. The number of anilines is 2. The maximum absolute atomic E-state index is 11.7. The predicted molar refractivity (Wildman–Crippen MR) is 93.5 cm³/mol. The molecule has 1 aromatic heterocycles. The van der Waals surface area contributed by atoms with Gasteiger partial charge >= 0.3 is 5.97 Å². The lowest BCUT2D eigenvalue weighted by Gasteiger charge is -2.23. The van der Waals surface area contributed by atoms with Gasteiger partial charge in [0, 0.05) is 44.3 Å². The number of benzene rings is 1. The molecule has 0 radical (unpaired) electrons. The summed E-state index contributed by atoms with van der Waals surface area (Å²) < 4.78 is 5.02. The minimum Gasteiger partial charge on any atom is -0.462 e. The van der Waals surface area contributed by atoms with Gasteiger partial charge in [0.05, 0.1) is 12.2 Å². The van der Waals surface area contributed by atoms with Crippen LogP contribution in [0.4, 0.5) is 11.6 Å². The summed E-state index contributed by atoms with van der Waals surface area (Å²) in [5, 5.41) is 0. The van der Waals surface area contributed by atoms with Gasteiger partial charge in [-0.3, -0.25) is 0 Å². The van der Waals surface area contributed by atoms with E-state index in [0.29, 0.717) is 12.2 Å². The Kier molecular flexibility index (Phi) is 5.25. The quantitative estimate of drug-likeness (QED) is 0.804. The van der Waals surface area contributed by atoms with Crippen LogP contribution in [0.15, 0.2) is 42.7 Å². The molecule has 0 saturated carbocycles. The Bertz CT molecular complexity index is 660. The van der Waals surface area contributed by atoms with E-state index in [9.17, 15) is 4.79 Å². The molecule has 126 valence electrons. The Balaban J connectivity index is 1.65. The Morgan fingerprint density at radius 3 is 2.42 bits per heavy atom. The Morgan fingerprint density at radius 2 is 1.71 bits per heavy atom. The van der Waals surface area contributed by atoms with E-state index in [-0.39, 0.29) is 5.97 Å². The number of ether oxygens (including phenoxy) is 1. The molecule has 1 aromatic carbocycles. The zero-order chi connectivity index (χ0) is 16.8. The average molecular weight is 326 g/mol. The SMILES string of the molecule is CCOC(=O)c1ccc(N2CCCN(c3ncccn3)CC2)cc1. The number of carbonyl (C=O) groups excluding carboxylic acids is 1. The fourth-order valence-electron chi connectivity index (χ4n) is 2.85. The van der Waals surface area contributed by atoms with Gasteiger partial charge in [0.25, 0.3) is 0 Å². The van der Waals surface area contributed by atoms with E-state index in [2.05, 4.69) is 19.8 Å². The number of hydrogen-bond acceptors (Lipinski definition) is 6. The standard InChI is InChI=1S/C18H22N4O2/c1-2-24-17(23)15-5-7-16(8-6-15)21-11-4-12-22(14-13-21)18-19-9-3-10-20-18/h3,5-10H,2,4,11-14H2,1H3. The first-order chi connectivity index (χ1) is 11.8. The second kappa shape index (κ2) is 7.77. The fourth-order valence-corrected chi connectivity index (χ4v) is 2.85. The average Bonchev–Trinajstić information content (AvgIpc) is 2.89. The lowest BCUT2D eigenvalue weighted by Crippen LogP contribution is -2.31. The molecule has 2 heterocycles. The van der Waals surface area contributed by atoms with E-state index >= 15 is 0 Å². The number of carbonyl (C=O) groups is 1. The van der Waals surface area contributed by atoms with Gasteiger partial charge in [0.15, 0.2) is 0 Å². The van der Waals surface area contributed by atoms with Gasteiger partial charge in [0.1, 0.15) is 0 Å². The van der Waals surface area contributed by atoms with Gasteiger partial charge < -0.3 is 14.5 Å². The summed E-state index contributed by atoms with van der Waals surface area (Å²) in [4.78, 5) is 24.9. The zero-order valence-corrected chi connectivity index (χ0v) is 13.9. The largest absolute Gasteiger partial charge is 0.462 e. The van der Waals surface area contributed by atoms with Crippen LogP contribution in [-0.4, -0.2) is 48.7 Å². The fraction of sp³-hybridized carbons (Fsp3) is 0.389. The van der Waals surface area contributed by atoms with Crippen LogP contribution in [0.2, 0.25) is 0 Å². The van der Waals surface area contributed by atoms with Crippen LogP contribution in [-0.2, 0) is 4.74 Å². The highest BCUT2D eigenvalue weighted by Crippen LogP contribution is 2.19. The van der Waals surface area contributed by atoms with Crippen molar-refractivity contribution in [3.8, 4) is 0 Å². The van der Waals surface area contributed by atoms with Crippen molar-refractivity contribution >= 4 is 17.6 Å². The van der Waals surface area contributed by atoms with E-state index in [4.69, 9.17) is 4.74 Å². The molecule has 0 atom stereocenters. The number of esters is 1. The van der Waals surface area contributed by atoms with Crippen molar-refractivity contribution in [1.29, 1.82) is 0 Å². The highest BCUT2D eigenvalue weighted by Gasteiger charge is 2.17. The van der Waals surface area contributed by atoms with Crippen LogP contribution in [0.5, 0.6) is 0 Å². The van der Waals surface area contributed by atoms with Gasteiger partial charge in [-0.05, 0) is 43.7 Å². The molecule has 0 aliphatic carbocycles. The van der Waals surface area contributed by atoms with Crippen LogP contribution in [0.1, 0.15) is 23.7 Å². The zero-order valence-electron chi connectivity index (χ0n) is 13.9. The van der Waals surface area contributed by atoms with Gasteiger partial charge in [-0.1, -0.05) is 0 Å². The maximum Gasteiger partial charge on any atom is 0.338 e. The molecule has 1 saturated heterocycles. The molecule has 0 amide bonds. The van der Waals surface area contributed by atoms with E-state index in [1.54, 1.807) is 12.4 Å². The normalized spacial score (nSPS) is 15.0. The summed E-state index contributed by atoms with van der Waals surface area (Å²) in [5.41, 5.74) is 1.72. The number of aromatic nitrogens is 2. The number of nitrogens with zero attached hydrogens (tertiary/aromatic N) is 4. The third-order valence-corrected chi connectivity index (χ3v) is 4.07. The Hall–Kier alpha value is -2.63. The Labute approximate surface area is 142 Å². The summed E-state index contributed by atoms with van der Waals surface area (Å²) in [6.45, 7) is 5.90. The summed E-state index contributed by atoms with van der Waals surface area (Å²) >= 11 is 0. The van der Waals surface area contributed by atoms with Crippen molar-refractivity contribution in [1.82, 2.24) is 9.97 Å². The molecule has 0 N–H and O–H groups in total. The third-order valence-electron chi connectivity index (χ3n) is 4.07. The van der Waals surface area contributed by atoms with Crippen LogP contribution < -0.4 is 9.80 Å². The first-order valence-corrected chi connectivity index (χ1v) is 8.32. The monoisotopic (exact) mass is 326 g/mol. The predicted octanol–water partition coefficient (Wildman–Crippen LogP) is 2.37. The Morgan fingerprint density at radius 1 is 1.04 bits per heavy atom. The molecule has 6 nitrogen and oxygen atoms in total. The lowest BCUT2D eigenvalue weighted by molar-refractivity contribution is 0.0526. The maximum atomic E-state index is 11.7. The summed E-state index contributed by atoms with van der Waals surface area (Å²) in [6.07, 6.45) is 4.59. The molecule has 3 rings (SSSR count). The molecular weight excluding hydrogens is 304 g/mol. The summed E-state index contributed by atoms with van der Waals surface area (Å²) in [6, 6.07) is 9.47. The summed E-state index contributed by atoms with van der Waals surface area (Å²) in [7, 11) is 0. The molecule has 1 aliphatic rings. The van der Waals surface area contributed by atoms with E-state index in [1.165, 1.54) is 0 Å². The summed E-state index contributed by atoms with van der Waals surface area (Å²) in [5.74, 6) is 0.518. The van der Waals surface area contributed by atoms with Gasteiger partial charge in [-0.15, -0.1) is 0 Å². The first-order valence-electron chi connectivity index (χ1n) is 8.32. The van der Waals surface area contributed by atoms with E-state index < -0.39 is 0 Å². The second-order valence-corrected chi connectivity index (χ2v) is 5.64. The number of rotatable bonds is 4. The molecule has 1 fully saturated rings. The molecule has 0 unspecified atom stereocenters. The van der Waals surface area contributed by atoms with Gasteiger partial charge in [0.2, 0.25) is 5.95 Å². The molecule has 6 heteroatoms. The van der Waals surface area contributed by atoms with E-state index in [1.807, 2.05) is 37.3 Å². The smallest absolute Gasteiger partial charge is 0.338 e. The molecule has 2 aromatic rings.